The average Bonchev–Trinajstić information content (AvgIpc) is 3.23. The van der Waals surface area contributed by atoms with Gasteiger partial charge in [0.15, 0.2) is 5.78 Å². The van der Waals surface area contributed by atoms with Crippen LogP contribution in [0.1, 0.15) is 61.4 Å². The maximum Gasteiger partial charge on any atom is 0.309 e. The lowest BCUT2D eigenvalue weighted by molar-refractivity contribution is -0.146. The lowest BCUT2D eigenvalue weighted by Gasteiger charge is -2.22. The molecule has 0 bridgehead atoms. The highest BCUT2D eigenvalue weighted by atomic mass is 35.5. The fraction of sp³-hybridized carbons (Fsp3) is 0.286. The molecular weight excluding hydrogens is 548 g/mol. The standard InChI is InChI=1S/C35H35ClN2O4/c1-22(2)17-32(39)33-28-18-27(42-21-26-14-11-24-7-5-6-8-29(24)37-26)15-16-30(28)38(20-23-9-12-25(36)13-10-23)31(33)19-35(3,4)34(40)41/h5-16,18,22H,17,19-21H2,1-4H3,(H,40,41). The summed E-state index contributed by atoms with van der Waals surface area (Å²) < 4.78 is 8.27. The molecule has 0 aliphatic carbocycles. The quantitative estimate of drug-likeness (QED) is 0.158. The van der Waals surface area contributed by atoms with Gasteiger partial charge in [-0.1, -0.05) is 61.8 Å². The second kappa shape index (κ2) is 12.0. The molecule has 0 saturated heterocycles. The molecule has 0 spiro atoms. The maximum atomic E-state index is 13.8. The Labute approximate surface area is 250 Å². The number of hydrogen-bond donors (Lipinski definition) is 1. The van der Waals surface area contributed by atoms with Crippen molar-refractivity contribution in [3.63, 3.8) is 0 Å². The smallest absolute Gasteiger partial charge is 0.309 e. The zero-order chi connectivity index (χ0) is 30.0. The molecule has 5 rings (SSSR count). The number of rotatable bonds is 11. The predicted octanol–water partition coefficient (Wildman–Crippen LogP) is 8.35. The van der Waals surface area contributed by atoms with Gasteiger partial charge in [0.25, 0.3) is 0 Å². The number of carboxylic acid groups (broad SMARTS) is 1. The minimum atomic E-state index is -1.08. The van der Waals surface area contributed by atoms with Crippen LogP contribution in [-0.2, 0) is 24.4 Å². The van der Waals surface area contributed by atoms with Crippen molar-refractivity contribution in [3.05, 3.63) is 106 Å². The highest BCUT2D eigenvalue weighted by Crippen LogP contribution is 2.36. The summed E-state index contributed by atoms with van der Waals surface area (Å²) in [6.07, 6.45) is 0.549. The van der Waals surface area contributed by atoms with Crippen LogP contribution in [0.25, 0.3) is 21.8 Å². The Hall–Kier alpha value is -4.16. The van der Waals surface area contributed by atoms with E-state index in [1.54, 1.807) is 13.8 Å². The van der Waals surface area contributed by atoms with E-state index in [2.05, 4.69) is 4.57 Å². The van der Waals surface area contributed by atoms with Crippen molar-refractivity contribution in [2.45, 2.75) is 53.7 Å². The van der Waals surface area contributed by atoms with E-state index in [4.69, 9.17) is 21.3 Å². The highest BCUT2D eigenvalue weighted by Gasteiger charge is 2.33. The van der Waals surface area contributed by atoms with Gasteiger partial charge in [-0.05, 0) is 67.8 Å². The number of aliphatic carboxylic acids is 1. The number of hydrogen-bond acceptors (Lipinski definition) is 4. The van der Waals surface area contributed by atoms with Crippen LogP contribution in [0.4, 0.5) is 0 Å². The molecule has 2 heterocycles. The van der Waals surface area contributed by atoms with Crippen LogP contribution in [-0.4, -0.2) is 26.4 Å². The van der Waals surface area contributed by atoms with Crippen molar-refractivity contribution in [1.82, 2.24) is 9.55 Å². The summed E-state index contributed by atoms with van der Waals surface area (Å²) in [5.74, 6) is -0.163. The number of fused-ring (bicyclic) bond motifs is 2. The molecular formula is C35H35ClN2O4. The molecule has 0 unspecified atom stereocenters. The number of para-hydroxylation sites is 1. The molecule has 0 saturated carbocycles. The monoisotopic (exact) mass is 582 g/mol. The van der Waals surface area contributed by atoms with E-state index in [0.29, 0.717) is 35.0 Å². The first-order valence-electron chi connectivity index (χ1n) is 14.2. The van der Waals surface area contributed by atoms with Gasteiger partial charge in [-0.25, -0.2) is 4.98 Å². The summed E-state index contributed by atoms with van der Waals surface area (Å²) in [6.45, 7) is 8.15. The maximum absolute atomic E-state index is 13.8. The molecule has 0 fully saturated rings. The molecule has 2 aromatic heterocycles. The summed E-state index contributed by atoms with van der Waals surface area (Å²) in [5, 5.41) is 12.5. The fourth-order valence-electron chi connectivity index (χ4n) is 5.24. The summed E-state index contributed by atoms with van der Waals surface area (Å²) >= 11 is 6.14. The molecule has 0 amide bonds. The summed E-state index contributed by atoms with van der Waals surface area (Å²) in [4.78, 5) is 30.8. The van der Waals surface area contributed by atoms with Crippen molar-refractivity contribution >= 4 is 45.2 Å². The molecule has 216 valence electrons. The molecule has 0 aliphatic rings. The first-order valence-corrected chi connectivity index (χ1v) is 14.5. The zero-order valence-corrected chi connectivity index (χ0v) is 25.1. The number of aromatic nitrogens is 2. The van der Waals surface area contributed by atoms with E-state index in [-0.39, 0.29) is 24.7 Å². The minimum absolute atomic E-state index is 0.00519. The summed E-state index contributed by atoms with van der Waals surface area (Å²) in [5.41, 5.74) is 3.75. The van der Waals surface area contributed by atoms with Crippen LogP contribution in [0.3, 0.4) is 0 Å². The van der Waals surface area contributed by atoms with Gasteiger partial charge in [0, 0.05) is 52.0 Å². The number of ketones is 1. The molecule has 7 heteroatoms. The number of benzene rings is 3. The van der Waals surface area contributed by atoms with Crippen LogP contribution in [0.15, 0.2) is 78.9 Å². The number of nitrogens with zero attached hydrogens (tertiary/aromatic N) is 2. The van der Waals surface area contributed by atoms with Gasteiger partial charge in [-0.3, -0.25) is 9.59 Å². The van der Waals surface area contributed by atoms with Crippen LogP contribution < -0.4 is 4.74 Å². The first-order chi connectivity index (χ1) is 20.0. The third-order valence-corrected chi connectivity index (χ3v) is 7.75. The molecule has 0 radical (unpaired) electrons. The lowest BCUT2D eigenvalue weighted by Crippen LogP contribution is -2.28. The number of Topliss-reactive ketones (excluding diaryl/α,β-unsaturated/α-hetero) is 1. The number of pyridine rings is 1. The van der Waals surface area contributed by atoms with Crippen molar-refractivity contribution < 1.29 is 19.4 Å². The van der Waals surface area contributed by atoms with Gasteiger partial charge < -0.3 is 14.4 Å². The minimum Gasteiger partial charge on any atom is -0.487 e. The van der Waals surface area contributed by atoms with E-state index >= 15 is 0 Å². The Bertz CT molecular complexity index is 1770. The third-order valence-electron chi connectivity index (χ3n) is 7.50. The van der Waals surface area contributed by atoms with E-state index < -0.39 is 11.4 Å². The van der Waals surface area contributed by atoms with Crippen molar-refractivity contribution in [2.24, 2.45) is 11.3 Å². The molecule has 42 heavy (non-hydrogen) atoms. The van der Waals surface area contributed by atoms with Crippen molar-refractivity contribution in [2.75, 3.05) is 0 Å². The summed E-state index contributed by atoms with van der Waals surface area (Å²) in [6, 6.07) is 25.2. The van der Waals surface area contributed by atoms with Gasteiger partial charge in [-0.15, -0.1) is 0 Å². The number of carbonyl (C=O) groups is 2. The Morgan fingerprint density at radius 1 is 1.00 bits per heavy atom. The number of ether oxygens (including phenoxy) is 1. The predicted molar refractivity (Wildman–Crippen MR) is 167 cm³/mol. The van der Waals surface area contributed by atoms with Crippen molar-refractivity contribution in [1.29, 1.82) is 0 Å². The Morgan fingerprint density at radius 3 is 2.45 bits per heavy atom. The third kappa shape index (κ3) is 6.34. The number of halogens is 1. The molecule has 0 atom stereocenters. The van der Waals surface area contributed by atoms with Crippen molar-refractivity contribution in [3.8, 4) is 5.75 Å². The van der Waals surface area contributed by atoms with Crippen LogP contribution in [0.2, 0.25) is 5.02 Å². The van der Waals surface area contributed by atoms with E-state index in [0.717, 1.165) is 33.1 Å². The molecule has 5 aromatic rings. The van der Waals surface area contributed by atoms with Gasteiger partial charge in [-0.2, -0.15) is 0 Å². The lowest BCUT2D eigenvalue weighted by atomic mass is 9.85. The van der Waals surface area contributed by atoms with Gasteiger partial charge >= 0.3 is 5.97 Å². The van der Waals surface area contributed by atoms with E-state index in [1.807, 2.05) is 92.7 Å². The second-order valence-electron chi connectivity index (χ2n) is 11.9. The van der Waals surface area contributed by atoms with E-state index in [1.165, 1.54) is 0 Å². The van der Waals surface area contributed by atoms with Gasteiger partial charge in [0.2, 0.25) is 0 Å². The Kier molecular flexibility index (Phi) is 8.37. The normalized spacial score (nSPS) is 11.9. The fourth-order valence-corrected chi connectivity index (χ4v) is 5.36. The second-order valence-corrected chi connectivity index (χ2v) is 12.3. The average molecular weight is 583 g/mol. The molecule has 6 nitrogen and oxygen atoms in total. The first kappa shape index (κ1) is 29.3. The van der Waals surface area contributed by atoms with Crippen LogP contribution in [0, 0.1) is 11.3 Å². The topological polar surface area (TPSA) is 81.4 Å². The summed E-state index contributed by atoms with van der Waals surface area (Å²) in [7, 11) is 0. The highest BCUT2D eigenvalue weighted by molar-refractivity contribution is 6.30. The van der Waals surface area contributed by atoms with Gasteiger partial charge in [0.05, 0.1) is 16.6 Å². The van der Waals surface area contributed by atoms with Crippen LogP contribution in [0.5, 0.6) is 5.75 Å². The van der Waals surface area contributed by atoms with E-state index in [9.17, 15) is 14.7 Å². The number of carbonyl (C=O) groups excluding carboxylic acids is 1. The number of carboxylic acids is 1. The molecule has 3 aromatic carbocycles. The largest absolute Gasteiger partial charge is 0.487 e. The molecule has 0 aliphatic heterocycles. The SMILES string of the molecule is CC(C)CC(=O)c1c(CC(C)(C)C(=O)O)n(Cc2ccc(Cl)cc2)c2ccc(OCc3ccc4ccccc4n3)cc12. The Morgan fingerprint density at radius 2 is 1.74 bits per heavy atom. The van der Waals surface area contributed by atoms with Gasteiger partial charge in [0.1, 0.15) is 12.4 Å². The Balaban J connectivity index is 1.60. The van der Waals surface area contributed by atoms with Crippen LogP contribution >= 0.6 is 11.6 Å². The molecule has 1 N–H and O–H groups in total. The zero-order valence-electron chi connectivity index (χ0n) is 24.4.